The molecule has 114 valence electrons. The summed E-state index contributed by atoms with van der Waals surface area (Å²) in [5, 5.41) is 0. The molecule has 0 saturated carbocycles. The minimum atomic E-state index is 0.0196. The average Bonchev–Trinajstić information content (AvgIpc) is 2.77. The Balaban J connectivity index is 2.08. The lowest BCUT2D eigenvalue weighted by molar-refractivity contribution is -0.00733. The van der Waals surface area contributed by atoms with Crippen LogP contribution in [0.15, 0.2) is 0 Å². The van der Waals surface area contributed by atoms with Crippen molar-refractivity contribution in [1.29, 1.82) is 0 Å². The van der Waals surface area contributed by atoms with Crippen molar-refractivity contribution < 1.29 is 18.9 Å². The van der Waals surface area contributed by atoms with Gasteiger partial charge in [-0.05, 0) is 24.7 Å². The van der Waals surface area contributed by atoms with E-state index in [1.165, 1.54) is 0 Å². The van der Waals surface area contributed by atoms with E-state index in [1.807, 2.05) is 0 Å². The van der Waals surface area contributed by atoms with Crippen molar-refractivity contribution in [3.8, 4) is 0 Å². The maximum Gasteiger partial charge on any atom is 0.147 e. The molecular formula is C15H30O4. The van der Waals surface area contributed by atoms with Crippen LogP contribution in [0, 0.1) is 11.8 Å². The van der Waals surface area contributed by atoms with Crippen LogP contribution in [0.4, 0.5) is 0 Å². The van der Waals surface area contributed by atoms with Gasteiger partial charge in [-0.15, -0.1) is 0 Å². The molecule has 4 heteroatoms. The molecule has 0 N–H and O–H groups in total. The summed E-state index contributed by atoms with van der Waals surface area (Å²) in [5.41, 5.74) is 0. The van der Waals surface area contributed by atoms with Gasteiger partial charge in [-0.25, -0.2) is 0 Å². The molecule has 1 fully saturated rings. The summed E-state index contributed by atoms with van der Waals surface area (Å²) in [4.78, 5) is 0. The number of hydrogen-bond acceptors (Lipinski definition) is 4. The first-order valence-electron chi connectivity index (χ1n) is 7.48. The van der Waals surface area contributed by atoms with Crippen LogP contribution in [0.3, 0.4) is 0 Å². The van der Waals surface area contributed by atoms with Crippen molar-refractivity contribution in [2.75, 3.05) is 33.2 Å². The Hall–Kier alpha value is -0.160. The summed E-state index contributed by atoms with van der Waals surface area (Å²) < 4.78 is 22.3. The number of hydrogen-bond donors (Lipinski definition) is 0. The van der Waals surface area contributed by atoms with E-state index in [4.69, 9.17) is 18.9 Å². The molecule has 1 saturated heterocycles. The zero-order valence-electron chi connectivity index (χ0n) is 12.9. The Morgan fingerprint density at radius 1 is 0.842 bits per heavy atom. The Kier molecular flexibility index (Phi) is 8.62. The summed E-state index contributed by atoms with van der Waals surface area (Å²) in [5.74, 6) is 1.35. The third-order valence-electron chi connectivity index (χ3n) is 3.22. The first-order valence-corrected chi connectivity index (χ1v) is 7.48. The highest BCUT2D eigenvalue weighted by Gasteiger charge is 2.29. The number of ether oxygens (including phenoxy) is 4. The molecule has 1 aliphatic rings. The van der Waals surface area contributed by atoms with Gasteiger partial charge in [-0.1, -0.05) is 27.7 Å². The molecule has 0 radical (unpaired) electrons. The van der Waals surface area contributed by atoms with Gasteiger partial charge in [-0.2, -0.15) is 0 Å². The van der Waals surface area contributed by atoms with E-state index < -0.39 is 0 Å². The third-order valence-corrected chi connectivity index (χ3v) is 3.22. The molecule has 0 amide bonds. The molecule has 0 aromatic heterocycles. The van der Waals surface area contributed by atoms with Gasteiger partial charge in [0, 0.05) is 13.2 Å². The van der Waals surface area contributed by atoms with Crippen LogP contribution in [0.2, 0.25) is 0 Å². The maximum absolute atomic E-state index is 5.64. The molecule has 4 nitrogen and oxygen atoms in total. The summed E-state index contributed by atoms with van der Waals surface area (Å²) in [6.45, 7) is 11.9. The van der Waals surface area contributed by atoms with Gasteiger partial charge in [-0.3, -0.25) is 0 Å². The van der Waals surface area contributed by atoms with Crippen LogP contribution in [0.5, 0.6) is 0 Å². The highest BCUT2D eigenvalue weighted by atomic mass is 16.7. The maximum atomic E-state index is 5.64. The molecular weight excluding hydrogens is 244 g/mol. The molecule has 0 spiro atoms. The minimum absolute atomic E-state index is 0.0196. The second-order valence-corrected chi connectivity index (χ2v) is 6.04. The Morgan fingerprint density at radius 2 is 1.26 bits per heavy atom. The quantitative estimate of drug-likeness (QED) is 0.574. The smallest absolute Gasteiger partial charge is 0.147 e. The zero-order valence-corrected chi connectivity index (χ0v) is 12.9. The van der Waals surface area contributed by atoms with Gasteiger partial charge < -0.3 is 18.9 Å². The first kappa shape index (κ1) is 16.9. The molecule has 0 bridgehead atoms. The Bertz CT molecular complexity index is 196. The van der Waals surface area contributed by atoms with Crippen molar-refractivity contribution in [3.05, 3.63) is 0 Å². The SMILES string of the molecule is CC(C)CCOCC1OCOC1COCCC(C)C. The molecule has 19 heavy (non-hydrogen) atoms. The lowest BCUT2D eigenvalue weighted by atomic mass is 10.1. The average molecular weight is 274 g/mol. The summed E-state index contributed by atoms with van der Waals surface area (Å²) in [7, 11) is 0. The van der Waals surface area contributed by atoms with E-state index in [0.717, 1.165) is 26.1 Å². The van der Waals surface area contributed by atoms with Gasteiger partial charge in [0.1, 0.15) is 19.0 Å². The van der Waals surface area contributed by atoms with E-state index in [0.29, 0.717) is 31.8 Å². The summed E-state index contributed by atoms with van der Waals surface area (Å²) >= 11 is 0. The van der Waals surface area contributed by atoms with E-state index in [1.54, 1.807) is 0 Å². The summed E-state index contributed by atoms with van der Waals surface area (Å²) in [6.07, 6.45) is 2.21. The van der Waals surface area contributed by atoms with Gasteiger partial charge in [0.15, 0.2) is 0 Å². The van der Waals surface area contributed by atoms with Gasteiger partial charge in [0.2, 0.25) is 0 Å². The van der Waals surface area contributed by atoms with Crippen LogP contribution in [0.25, 0.3) is 0 Å². The van der Waals surface area contributed by atoms with E-state index in [2.05, 4.69) is 27.7 Å². The Morgan fingerprint density at radius 3 is 1.63 bits per heavy atom. The molecule has 0 aromatic carbocycles. The van der Waals surface area contributed by atoms with Crippen molar-refractivity contribution in [2.45, 2.75) is 52.7 Å². The van der Waals surface area contributed by atoms with Crippen molar-refractivity contribution in [1.82, 2.24) is 0 Å². The largest absolute Gasteiger partial charge is 0.379 e. The fraction of sp³-hybridized carbons (Fsp3) is 1.00. The Labute approximate surface area is 117 Å². The predicted octanol–water partition coefficient (Wildman–Crippen LogP) is 2.85. The highest BCUT2D eigenvalue weighted by Crippen LogP contribution is 2.14. The standard InChI is InChI=1S/C15H30O4/c1-12(2)5-7-16-9-14-15(19-11-18-14)10-17-8-6-13(3)4/h12-15H,5-11H2,1-4H3. The molecule has 1 aliphatic heterocycles. The normalized spacial score (nSPS) is 23.7. The first-order chi connectivity index (χ1) is 9.09. The van der Waals surface area contributed by atoms with Crippen LogP contribution < -0.4 is 0 Å². The lowest BCUT2D eigenvalue weighted by Gasteiger charge is -2.17. The zero-order chi connectivity index (χ0) is 14.1. The van der Waals surface area contributed by atoms with Gasteiger partial charge in [0.25, 0.3) is 0 Å². The monoisotopic (exact) mass is 274 g/mol. The molecule has 2 unspecified atom stereocenters. The van der Waals surface area contributed by atoms with Gasteiger partial charge in [0.05, 0.1) is 13.2 Å². The molecule has 1 heterocycles. The van der Waals surface area contributed by atoms with E-state index >= 15 is 0 Å². The van der Waals surface area contributed by atoms with Crippen molar-refractivity contribution in [2.24, 2.45) is 11.8 Å². The molecule has 2 atom stereocenters. The lowest BCUT2D eigenvalue weighted by Crippen LogP contribution is -2.32. The fourth-order valence-corrected chi connectivity index (χ4v) is 1.78. The molecule has 0 aromatic rings. The van der Waals surface area contributed by atoms with Crippen LogP contribution in [-0.4, -0.2) is 45.4 Å². The van der Waals surface area contributed by atoms with E-state index in [9.17, 15) is 0 Å². The van der Waals surface area contributed by atoms with Crippen LogP contribution in [-0.2, 0) is 18.9 Å². The predicted molar refractivity (Wildman–Crippen MR) is 75.2 cm³/mol. The van der Waals surface area contributed by atoms with Crippen LogP contribution in [0.1, 0.15) is 40.5 Å². The summed E-state index contributed by atoms with van der Waals surface area (Å²) in [6, 6.07) is 0. The third kappa shape index (κ3) is 7.88. The fourth-order valence-electron chi connectivity index (χ4n) is 1.78. The van der Waals surface area contributed by atoms with Crippen molar-refractivity contribution >= 4 is 0 Å². The molecule has 1 rings (SSSR count). The second kappa shape index (κ2) is 9.70. The minimum Gasteiger partial charge on any atom is -0.379 e. The van der Waals surface area contributed by atoms with E-state index in [-0.39, 0.29) is 12.2 Å². The highest BCUT2D eigenvalue weighted by molar-refractivity contribution is 4.73. The van der Waals surface area contributed by atoms with Crippen molar-refractivity contribution in [3.63, 3.8) is 0 Å². The topological polar surface area (TPSA) is 36.9 Å². The van der Waals surface area contributed by atoms with Crippen LogP contribution >= 0.6 is 0 Å². The second-order valence-electron chi connectivity index (χ2n) is 6.04. The molecule has 0 aliphatic carbocycles. The number of rotatable bonds is 10. The van der Waals surface area contributed by atoms with Gasteiger partial charge >= 0.3 is 0 Å².